The third-order valence-electron chi connectivity index (χ3n) is 3.13. The van der Waals surface area contributed by atoms with Gasteiger partial charge in [-0.15, -0.1) is 0 Å². The molecule has 5 N–H and O–H groups in total. The van der Waals surface area contributed by atoms with Crippen molar-refractivity contribution in [2.75, 3.05) is 5.73 Å². The Morgan fingerprint density at radius 2 is 1.52 bits per heavy atom. The van der Waals surface area contributed by atoms with E-state index in [0.717, 1.165) is 19.1 Å². The lowest BCUT2D eigenvalue weighted by Gasteiger charge is -2.13. The fourth-order valence-corrected chi connectivity index (χ4v) is 3.56. The Hall–Kier alpha value is -2.21. The zero-order valence-corrected chi connectivity index (χ0v) is 13.1. The summed E-state index contributed by atoms with van der Waals surface area (Å²) in [6.45, 7) is 1.08. The normalized spacial score (nSPS) is 12.5. The van der Waals surface area contributed by atoms with E-state index in [4.69, 9.17) is 5.73 Å². The summed E-state index contributed by atoms with van der Waals surface area (Å²) in [7, 11) is -9.78. The number of rotatable bonds is 3. The average Bonchev–Trinajstić information content (AvgIpc) is 2.39. The number of hydrogen-bond donors (Lipinski definition) is 4. The van der Waals surface area contributed by atoms with Gasteiger partial charge in [-0.2, -0.15) is 16.8 Å². The fraction of sp³-hybridized carbons (Fsp3) is 0.0833. The maximum atomic E-state index is 11.5. The van der Waals surface area contributed by atoms with Crippen LogP contribution in [-0.4, -0.2) is 36.8 Å². The predicted octanol–water partition coefficient (Wildman–Crippen LogP) is 0.824. The molecule has 0 bridgehead atoms. The van der Waals surface area contributed by atoms with Crippen LogP contribution < -0.4 is 5.73 Å². The van der Waals surface area contributed by atoms with Crippen molar-refractivity contribution in [2.45, 2.75) is 16.7 Å². The second-order valence-corrected chi connectivity index (χ2v) is 7.50. The Labute approximate surface area is 130 Å². The molecular formula is C12H11NO8S2. The highest BCUT2D eigenvalue weighted by atomic mass is 32.2. The van der Waals surface area contributed by atoms with Crippen molar-refractivity contribution in [2.24, 2.45) is 0 Å². The van der Waals surface area contributed by atoms with E-state index < -0.39 is 58.0 Å². The number of nitrogen functional groups attached to an aromatic ring is 1. The van der Waals surface area contributed by atoms with Crippen molar-refractivity contribution in [3.63, 3.8) is 0 Å². The van der Waals surface area contributed by atoms with Gasteiger partial charge in [-0.25, -0.2) is 0 Å². The Morgan fingerprint density at radius 3 is 1.96 bits per heavy atom. The molecule has 0 fully saturated rings. The van der Waals surface area contributed by atoms with Gasteiger partial charge in [0.05, 0.1) is 5.69 Å². The number of hydrogen-bond acceptors (Lipinski definition) is 7. The topological polar surface area (TPSA) is 172 Å². The van der Waals surface area contributed by atoms with Crippen LogP contribution in [-0.2, 0) is 20.2 Å². The first kappa shape index (κ1) is 17.1. The van der Waals surface area contributed by atoms with Crippen LogP contribution >= 0.6 is 0 Å². The van der Waals surface area contributed by atoms with Crippen molar-refractivity contribution in [1.82, 2.24) is 0 Å². The Bertz CT molecular complexity index is 1050. The molecule has 0 spiro atoms. The molecule has 23 heavy (non-hydrogen) atoms. The highest BCUT2D eigenvalue weighted by molar-refractivity contribution is 7.86. The molecule has 124 valence electrons. The molecule has 2 rings (SSSR count). The molecule has 0 heterocycles. The number of benzene rings is 2. The summed E-state index contributed by atoms with van der Waals surface area (Å²) in [5.41, 5.74) is 4.64. The van der Waals surface area contributed by atoms with E-state index >= 15 is 0 Å². The number of anilines is 1. The van der Waals surface area contributed by atoms with Crippen molar-refractivity contribution < 1.29 is 35.8 Å². The van der Waals surface area contributed by atoms with Gasteiger partial charge < -0.3 is 10.8 Å². The molecule has 2 aromatic rings. The minimum Gasteiger partial charge on any atom is -0.505 e. The summed E-state index contributed by atoms with van der Waals surface area (Å²) < 4.78 is 64.6. The molecule has 0 aliphatic rings. The van der Waals surface area contributed by atoms with Crippen LogP contribution in [0.5, 0.6) is 5.75 Å². The van der Waals surface area contributed by atoms with Gasteiger partial charge in [0.25, 0.3) is 20.2 Å². The molecule has 0 radical (unpaired) electrons. The summed E-state index contributed by atoms with van der Waals surface area (Å²) >= 11 is 0. The molecule has 2 aromatic carbocycles. The van der Waals surface area contributed by atoms with E-state index in [1.165, 1.54) is 0 Å². The molecular weight excluding hydrogens is 350 g/mol. The number of Topliss-reactive ketones (excluding diaryl/α,β-unsaturated/α-hetero) is 1. The average molecular weight is 361 g/mol. The van der Waals surface area contributed by atoms with Gasteiger partial charge in [0.15, 0.2) is 5.78 Å². The van der Waals surface area contributed by atoms with Gasteiger partial charge in [-0.1, -0.05) is 0 Å². The highest BCUT2D eigenvalue weighted by Crippen LogP contribution is 2.40. The maximum Gasteiger partial charge on any atom is 0.295 e. The second-order valence-electron chi connectivity index (χ2n) is 4.72. The number of phenolic OH excluding ortho intramolecular Hbond substituents is 1. The third-order valence-corrected chi connectivity index (χ3v) is 4.90. The van der Waals surface area contributed by atoms with E-state index in [1.54, 1.807) is 0 Å². The minimum absolute atomic E-state index is 0.251. The van der Waals surface area contributed by atoms with Crippen molar-refractivity contribution >= 4 is 42.5 Å². The lowest BCUT2D eigenvalue weighted by molar-refractivity contribution is 0.101. The Kier molecular flexibility index (Phi) is 3.85. The van der Waals surface area contributed by atoms with Gasteiger partial charge in [-0.3, -0.25) is 13.9 Å². The molecule has 0 amide bonds. The Balaban J connectivity index is 3.26. The summed E-state index contributed by atoms with van der Waals surface area (Å²) in [6.07, 6.45) is 0. The largest absolute Gasteiger partial charge is 0.505 e. The molecule has 11 heteroatoms. The number of carbonyl (C=O) groups is 1. The van der Waals surface area contributed by atoms with Crippen molar-refractivity contribution in [1.29, 1.82) is 0 Å². The first-order valence-electron chi connectivity index (χ1n) is 5.89. The van der Waals surface area contributed by atoms with E-state index in [-0.39, 0.29) is 5.56 Å². The SMILES string of the molecule is CC(=O)c1cc(S(=O)(=O)O)c2c(O)c(N)cc(S(=O)(=O)O)c2c1. The maximum absolute atomic E-state index is 11.5. The third kappa shape index (κ3) is 2.99. The van der Waals surface area contributed by atoms with Gasteiger partial charge in [0.1, 0.15) is 15.5 Å². The van der Waals surface area contributed by atoms with Crippen LogP contribution in [0.2, 0.25) is 0 Å². The molecule has 0 saturated heterocycles. The summed E-state index contributed by atoms with van der Waals surface area (Å²) in [5.74, 6) is -1.44. The first-order chi connectivity index (χ1) is 10.3. The zero-order chi connectivity index (χ0) is 17.7. The molecule has 0 saturated carbocycles. The number of aromatic hydroxyl groups is 1. The molecule has 0 aliphatic heterocycles. The van der Waals surface area contributed by atoms with Gasteiger partial charge in [-0.05, 0) is 25.1 Å². The summed E-state index contributed by atoms with van der Waals surface area (Å²) in [5, 5.41) is 8.87. The van der Waals surface area contributed by atoms with Crippen LogP contribution in [0.25, 0.3) is 10.8 Å². The monoisotopic (exact) mass is 361 g/mol. The lowest BCUT2D eigenvalue weighted by Crippen LogP contribution is -2.07. The first-order valence-corrected chi connectivity index (χ1v) is 8.77. The van der Waals surface area contributed by atoms with Crippen LogP contribution in [0.4, 0.5) is 5.69 Å². The highest BCUT2D eigenvalue weighted by Gasteiger charge is 2.26. The van der Waals surface area contributed by atoms with E-state index in [9.17, 15) is 35.8 Å². The van der Waals surface area contributed by atoms with E-state index in [2.05, 4.69) is 0 Å². The fourth-order valence-electron chi connectivity index (χ4n) is 2.11. The van der Waals surface area contributed by atoms with Crippen LogP contribution in [0.1, 0.15) is 17.3 Å². The molecule has 9 nitrogen and oxygen atoms in total. The van der Waals surface area contributed by atoms with Crippen LogP contribution in [0, 0.1) is 0 Å². The van der Waals surface area contributed by atoms with Crippen molar-refractivity contribution in [3.05, 3.63) is 23.8 Å². The Morgan fingerprint density at radius 1 is 1.00 bits per heavy atom. The van der Waals surface area contributed by atoms with Crippen LogP contribution in [0.3, 0.4) is 0 Å². The van der Waals surface area contributed by atoms with E-state index in [0.29, 0.717) is 6.07 Å². The number of fused-ring (bicyclic) bond motifs is 1. The summed E-state index contributed by atoms with van der Waals surface area (Å²) in [6, 6.07) is 2.45. The number of ketones is 1. The molecule has 0 aromatic heterocycles. The second kappa shape index (κ2) is 5.16. The number of carbonyl (C=O) groups excluding carboxylic acids is 1. The minimum atomic E-state index is -4.93. The smallest absolute Gasteiger partial charge is 0.295 e. The zero-order valence-electron chi connectivity index (χ0n) is 11.5. The van der Waals surface area contributed by atoms with Crippen molar-refractivity contribution in [3.8, 4) is 5.75 Å². The molecule has 0 atom stereocenters. The van der Waals surface area contributed by atoms with Gasteiger partial charge >= 0.3 is 0 Å². The van der Waals surface area contributed by atoms with E-state index in [1.807, 2.05) is 0 Å². The quantitative estimate of drug-likeness (QED) is 0.267. The van der Waals surface area contributed by atoms with Crippen LogP contribution in [0.15, 0.2) is 28.0 Å². The predicted molar refractivity (Wildman–Crippen MR) is 79.7 cm³/mol. The summed E-state index contributed by atoms with van der Waals surface area (Å²) in [4.78, 5) is 9.79. The standard InChI is InChI=1S/C12H11NO8S2/c1-5(14)6-2-7-9(22(16,17)18)4-8(13)12(15)11(7)10(3-6)23(19,20)21/h2-4,15H,13H2,1H3,(H,16,17,18)(H,19,20,21). The molecule has 0 unspecified atom stereocenters. The molecule has 0 aliphatic carbocycles. The number of phenols is 1. The van der Waals surface area contributed by atoms with Gasteiger partial charge in [0, 0.05) is 16.3 Å². The number of nitrogens with two attached hydrogens (primary N) is 1. The van der Waals surface area contributed by atoms with Gasteiger partial charge in [0.2, 0.25) is 0 Å². The lowest BCUT2D eigenvalue weighted by atomic mass is 10.0.